The van der Waals surface area contributed by atoms with E-state index < -0.39 is 5.97 Å². The molecule has 0 atom stereocenters. The first-order chi connectivity index (χ1) is 12.1. The number of oxazole rings is 1. The van der Waals surface area contributed by atoms with Gasteiger partial charge in [0.05, 0.1) is 6.54 Å². The van der Waals surface area contributed by atoms with E-state index in [-0.39, 0.29) is 5.69 Å². The molecule has 0 fully saturated rings. The van der Waals surface area contributed by atoms with E-state index in [1.807, 2.05) is 18.2 Å². The molecule has 128 valence electrons. The van der Waals surface area contributed by atoms with Gasteiger partial charge >= 0.3 is 5.97 Å². The Hall–Kier alpha value is -2.92. The number of aromatic carboxylic acids is 1. The molecule has 2 aromatic carbocycles. The minimum atomic E-state index is -1.08. The van der Waals surface area contributed by atoms with Crippen molar-refractivity contribution in [2.24, 2.45) is 0 Å². The average molecular weight is 336 g/mol. The summed E-state index contributed by atoms with van der Waals surface area (Å²) >= 11 is 0. The van der Waals surface area contributed by atoms with E-state index in [2.05, 4.69) is 53.2 Å². The molecule has 0 radical (unpaired) electrons. The van der Waals surface area contributed by atoms with Crippen LogP contribution in [0.5, 0.6) is 0 Å². The molecule has 5 nitrogen and oxygen atoms in total. The first-order valence-corrected chi connectivity index (χ1v) is 8.09. The minimum Gasteiger partial charge on any atom is -0.476 e. The third-order valence-corrected chi connectivity index (χ3v) is 3.91. The van der Waals surface area contributed by atoms with Gasteiger partial charge in [0.15, 0.2) is 5.69 Å². The molecule has 0 bridgehead atoms. The first kappa shape index (κ1) is 16.9. The van der Waals surface area contributed by atoms with Crippen LogP contribution in [0.4, 0.5) is 0 Å². The molecule has 0 spiro atoms. The summed E-state index contributed by atoms with van der Waals surface area (Å²) in [5, 5.41) is 8.99. The van der Waals surface area contributed by atoms with E-state index in [0.29, 0.717) is 12.4 Å². The number of benzene rings is 2. The van der Waals surface area contributed by atoms with Gasteiger partial charge in [0.1, 0.15) is 6.26 Å². The van der Waals surface area contributed by atoms with Crippen molar-refractivity contribution in [3.8, 4) is 0 Å². The van der Waals surface area contributed by atoms with Crippen molar-refractivity contribution in [2.75, 3.05) is 0 Å². The van der Waals surface area contributed by atoms with Gasteiger partial charge in [0, 0.05) is 13.1 Å². The quantitative estimate of drug-likeness (QED) is 0.709. The average Bonchev–Trinajstić information content (AvgIpc) is 3.07. The molecule has 25 heavy (non-hydrogen) atoms. The fraction of sp³-hybridized carbons (Fsp3) is 0.200. The van der Waals surface area contributed by atoms with E-state index in [0.717, 1.165) is 13.1 Å². The summed E-state index contributed by atoms with van der Waals surface area (Å²) < 4.78 is 5.32. The molecule has 0 aliphatic heterocycles. The topological polar surface area (TPSA) is 66.6 Å². The van der Waals surface area contributed by atoms with Crippen LogP contribution in [0.3, 0.4) is 0 Å². The molecule has 5 heteroatoms. The number of carbonyl (C=O) groups is 1. The van der Waals surface area contributed by atoms with E-state index in [9.17, 15) is 4.79 Å². The molecule has 1 aromatic heterocycles. The Labute approximate surface area is 146 Å². The second kappa shape index (κ2) is 7.77. The first-order valence-electron chi connectivity index (χ1n) is 8.09. The van der Waals surface area contributed by atoms with Crippen molar-refractivity contribution in [1.29, 1.82) is 0 Å². The van der Waals surface area contributed by atoms with Crippen molar-refractivity contribution in [2.45, 2.75) is 26.6 Å². The van der Waals surface area contributed by atoms with Crippen molar-refractivity contribution >= 4 is 5.97 Å². The third-order valence-electron chi connectivity index (χ3n) is 3.91. The largest absolute Gasteiger partial charge is 0.476 e. The van der Waals surface area contributed by atoms with Crippen molar-refractivity contribution < 1.29 is 14.3 Å². The zero-order chi connectivity index (χ0) is 17.6. The molecule has 1 heterocycles. The molecular formula is C20H20N2O3. The maximum absolute atomic E-state index is 11.0. The van der Waals surface area contributed by atoms with E-state index >= 15 is 0 Å². The van der Waals surface area contributed by atoms with Gasteiger partial charge in [0.25, 0.3) is 0 Å². The van der Waals surface area contributed by atoms with E-state index in [1.165, 1.54) is 23.0 Å². The smallest absolute Gasteiger partial charge is 0.357 e. The molecule has 0 saturated heterocycles. The lowest BCUT2D eigenvalue weighted by Gasteiger charge is -2.21. The molecule has 0 unspecified atom stereocenters. The number of hydrogen-bond acceptors (Lipinski definition) is 4. The van der Waals surface area contributed by atoms with Crippen LogP contribution < -0.4 is 0 Å². The maximum atomic E-state index is 11.0. The molecule has 0 aliphatic rings. The van der Waals surface area contributed by atoms with Crippen LogP contribution in [0.2, 0.25) is 0 Å². The Kier molecular flexibility index (Phi) is 5.26. The van der Waals surface area contributed by atoms with E-state index in [1.54, 1.807) is 0 Å². The maximum Gasteiger partial charge on any atom is 0.357 e. The zero-order valence-corrected chi connectivity index (χ0v) is 14.1. The van der Waals surface area contributed by atoms with Gasteiger partial charge in [-0.05, 0) is 18.1 Å². The summed E-state index contributed by atoms with van der Waals surface area (Å²) in [6, 6.07) is 18.5. The SMILES string of the molecule is Cc1ccc(CN(Cc2ccccc2)Cc2nc(C(=O)O)co2)cc1. The van der Waals surface area contributed by atoms with Crippen molar-refractivity contribution in [1.82, 2.24) is 9.88 Å². The Morgan fingerprint density at radius 3 is 2.24 bits per heavy atom. The summed E-state index contributed by atoms with van der Waals surface area (Å²) in [6.07, 6.45) is 1.18. The highest BCUT2D eigenvalue weighted by Crippen LogP contribution is 2.15. The number of carboxylic acids is 1. The number of hydrogen-bond donors (Lipinski definition) is 1. The van der Waals surface area contributed by atoms with Crippen LogP contribution in [-0.2, 0) is 19.6 Å². The number of rotatable bonds is 7. The molecule has 3 aromatic rings. The van der Waals surface area contributed by atoms with Gasteiger partial charge in [-0.2, -0.15) is 0 Å². The summed E-state index contributed by atoms with van der Waals surface area (Å²) in [5.74, 6) is -0.677. The Balaban J connectivity index is 1.77. The van der Waals surface area contributed by atoms with Crippen molar-refractivity contribution in [3.63, 3.8) is 0 Å². The second-order valence-electron chi connectivity index (χ2n) is 6.05. The van der Waals surface area contributed by atoms with Gasteiger partial charge in [-0.15, -0.1) is 0 Å². The summed E-state index contributed by atoms with van der Waals surface area (Å²) in [7, 11) is 0. The second-order valence-corrected chi connectivity index (χ2v) is 6.05. The fourth-order valence-electron chi connectivity index (χ4n) is 2.63. The lowest BCUT2D eigenvalue weighted by Crippen LogP contribution is -2.22. The third kappa shape index (κ3) is 4.78. The normalized spacial score (nSPS) is 11.0. The fourth-order valence-corrected chi connectivity index (χ4v) is 2.63. The van der Waals surface area contributed by atoms with Gasteiger partial charge in [-0.3, -0.25) is 4.90 Å². The Bertz CT molecular complexity index is 826. The van der Waals surface area contributed by atoms with Gasteiger partial charge in [0.2, 0.25) is 5.89 Å². The summed E-state index contributed by atoms with van der Waals surface area (Å²) in [4.78, 5) is 17.2. The van der Waals surface area contributed by atoms with Gasteiger partial charge < -0.3 is 9.52 Å². The lowest BCUT2D eigenvalue weighted by atomic mass is 10.1. The number of aryl methyl sites for hydroxylation is 1. The predicted octanol–water partition coefficient (Wildman–Crippen LogP) is 3.88. The summed E-state index contributed by atoms with van der Waals surface area (Å²) in [5.41, 5.74) is 3.52. The number of nitrogens with zero attached hydrogens (tertiary/aromatic N) is 2. The molecular weight excluding hydrogens is 316 g/mol. The highest BCUT2D eigenvalue weighted by Gasteiger charge is 2.15. The van der Waals surface area contributed by atoms with Crippen LogP contribution in [0.1, 0.15) is 33.1 Å². The van der Waals surface area contributed by atoms with Crippen LogP contribution in [0.15, 0.2) is 65.3 Å². The summed E-state index contributed by atoms with van der Waals surface area (Å²) in [6.45, 7) is 3.95. The predicted molar refractivity (Wildman–Crippen MR) is 94.0 cm³/mol. The number of carboxylic acid groups (broad SMARTS) is 1. The molecule has 1 N–H and O–H groups in total. The Morgan fingerprint density at radius 2 is 1.64 bits per heavy atom. The number of aromatic nitrogens is 1. The van der Waals surface area contributed by atoms with Crippen molar-refractivity contribution in [3.05, 3.63) is 89.1 Å². The zero-order valence-electron chi connectivity index (χ0n) is 14.1. The van der Waals surface area contributed by atoms with Gasteiger partial charge in [-0.1, -0.05) is 60.2 Å². The van der Waals surface area contributed by atoms with Gasteiger partial charge in [-0.25, -0.2) is 9.78 Å². The molecule has 0 saturated carbocycles. The molecule has 0 amide bonds. The highest BCUT2D eigenvalue weighted by atomic mass is 16.4. The molecule has 0 aliphatic carbocycles. The highest BCUT2D eigenvalue weighted by molar-refractivity contribution is 5.84. The van der Waals surface area contributed by atoms with Crippen LogP contribution in [-0.4, -0.2) is 21.0 Å². The van der Waals surface area contributed by atoms with E-state index in [4.69, 9.17) is 9.52 Å². The molecule has 3 rings (SSSR count). The van der Waals surface area contributed by atoms with Crippen LogP contribution >= 0.6 is 0 Å². The lowest BCUT2D eigenvalue weighted by molar-refractivity contribution is 0.0690. The Morgan fingerprint density at radius 1 is 1.00 bits per heavy atom. The van der Waals surface area contributed by atoms with Crippen LogP contribution in [0.25, 0.3) is 0 Å². The van der Waals surface area contributed by atoms with Crippen LogP contribution in [0, 0.1) is 6.92 Å². The monoisotopic (exact) mass is 336 g/mol. The standard InChI is InChI=1S/C20H20N2O3/c1-15-7-9-17(10-8-15)12-22(11-16-5-3-2-4-6-16)13-19-21-18(14-25-19)20(23)24/h2-10,14H,11-13H2,1H3,(H,23,24). The minimum absolute atomic E-state index is 0.0648.